The van der Waals surface area contributed by atoms with Gasteiger partial charge in [-0.25, -0.2) is 0 Å². The quantitative estimate of drug-likeness (QED) is 0.448. The molecule has 0 aromatic rings. The van der Waals surface area contributed by atoms with Crippen molar-refractivity contribution in [1.82, 2.24) is 5.32 Å². The molecule has 0 amide bonds. The Balaban J connectivity index is 2.18. The maximum atomic E-state index is 9.57. The minimum absolute atomic E-state index is 0.248. The first-order valence-corrected chi connectivity index (χ1v) is 5.07. The van der Waals surface area contributed by atoms with Gasteiger partial charge in [0.15, 0.2) is 0 Å². The lowest BCUT2D eigenvalue weighted by Gasteiger charge is -2.23. The van der Waals surface area contributed by atoms with E-state index in [1.165, 1.54) is 0 Å². The molecule has 4 N–H and O–H groups in total. The first-order valence-electron chi connectivity index (χ1n) is 5.07. The molecular weight excluding hydrogens is 182 g/mol. The Bertz CT molecular complexity index is 184. The molecule has 4 heteroatoms. The van der Waals surface area contributed by atoms with Crippen LogP contribution in [0, 0.1) is 0 Å². The highest BCUT2D eigenvalue weighted by atomic mass is 16.3. The summed E-state index contributed by atoms with van der Waals surface area (Å²) in [5.74, 6) is 0. The molecule has 82 valence electrons. The molecule has 14 heavy (non-hydrogen) atoms. The van der Waals surface area contributed by atoms with Gasteiger partial charge in [-0.2, -0.15) is 0 Å². The Kier molecular flexibility index (Phi) is 5.11. The zero-order valence-corrected chi connectivity index (χ0v) is 8.26. The Morgan fingerprint density at radius 2 is 2.07 bits per heavy atom. The average Bonchev–Trinajstić information content (AvgIpc) is 2.19. The topological polar surface area (TPSA) is 72.7 Å². The van der Waals surface area contributed by atoms with Crippen LogP contribution in [0.3, 0.4) is 0 Å². The molecule has 0 aromatic carbocycles. The van der Waals surface area contributed by atoms with Crippen LogP contribution in [-0.4, -0.2) is 46.7 Å². The van der Waals surface area contributed by atoms with Gasteiger partial charge in [-0.15, -0.1) is 0 Å². The molecule has 1 unspecified atom stereocenters. The first kappa shape index (κ1) is 11.7. The van der Waals surface area contributed by atoms with Crippen molar-refractivity contribution in [3.05, 3.63) is 12.2 Å². The molecular formula is C10H19NO3. The second kappa shape index (κ2) is 6.14. The van der Waals surface area contributed by atoms with E-state index >= 15 is 0 Å². The third-order valence-electron chi connectivity index (χ3n) is 2.42. The number of aliphatic hydroxyl groups is 3. The standard InChI is InChI=1S/C10H19NO3/c12-7-10(14)6-9(13)5-8-3-1-2-4-11-8/h1-2,8-14H,3-7H2/t8-,9+,10?/m1/s1. The smallest absolute Gasteiger partial charge is 0.0795 e. The second-order valence-electron chi connectivity index (χ2n) is 3.77. The summed E-state index contributed by atoms with van der Waals surface area (Å²) in [6, 6.07) is 0.292. The molecule has 0 fully saturated rings. The maximum Gasteiger partial charge on any atom is 0.0795 e. The molecule has 1 aliphatic rings. The largest absolute Gasteiger partial charge is 0.394 e. The van der Waals surface area contributed by atoms with Gasteiger partial charge in [0.1, 0.15) is 0 Å². The van der Waals surface area contributed by atoms with E-state index in [2.05, 4.69) is 17.5 Å². The molecule has 4 nitrogen and oxygen atoms in total. The predicted molar refractivity (Wildman–Crippen MR) is 53.9 cm³/mol. The molecule has 0 saturated heterocycles. The molecule has 0 aromatic heterocycles. The number of hydrogen-bond donors (Lipinski definition) is 4. The van der Waals surface area contributed by atoms with Crippen LogP contribution in [0.1, 0.15) is 19.3 Å². The van der Waals surface area contributed by atoms with Gasteiger partial charge in [0, 0.05) is 19.0 Å². The lowest BCUT2D eigenvalue weighted by molar-refractivity contribution is 0.0352. The highest BCUT2D eigenvalue weighted by Gasteiger charge is 2.17. The van der Waals surface area contributed by atoms with E-state index in [0.717, 1.165) is 13.0 Å². The number of aliphatic hydroxyl groups excluding tert-OH is 3. The first-order chi connectivity index (χ1) is 6.72. The highest BCUT2D eigenvalue weighted by Crippen LogP contribution is 2.10. The van der Waals surface area contributed by atoms with Crippen LogP contribution in [0.5, 0.6) is 0 Å². The summed E-state index contributed by atoms with van der Waals surface area (Å²) in [4.78, 5) is 0. The van der Waals surface area contributed by atoms with Gasteiger partial charge in [-0.05, 0) is 12.8 Å². The minimum Gasteiger partial charge on any atom is -0.394 e. The van der Waals surface area contributed by atoms with Crippen molar-refractivity contribution < 1.29 is 15.3 Å². The molecule has 0 saturated carbocycles. The van der Waals surface area contributed by atoms with Crippen LogP contribution in [0.15, 0.2) is 12.2 Å². The van der Waals surface area contributed by atoms with E-state index in [4.69, 9.17) is 10.2 Å². The van der Waals surface area contributed by atoms with Crippen molar-refractivity contribution >= 4 is 0 Å². The van der Waals surface area contributed by atoms with Gasteiger partial charge in [-0.3, -0.25) is 0 Å². The van der Waals surface area contributed by atoms with Crippen molar-refractivity contribution in [1.29, 1.82) is 0 Å². The summed E-state index contributed by atoms with van der Waals surface area (Å²) in [6.07, 6.45) is 4.61. The molecule has 1 heterocycles. The minimum atomic E-state index is -0.802. The van der Waals surface area contributed by atoms with Gasteiger partial charge >= 0.3 is 0 Å². The summed E-state index contributed by atoms with van der Waals surface area (Å²) in [5.41, 5.74) is 0. The van der Waals surface area contributed by atoms with Crippen LogP contribution in [-0.2, 0) is 0 Å². The lowest BCUT2D eigenvalue weighted by atomic mass is 10.00. The van der Waals surface area contributed by atoms with Crippen LogP contribution < -0.4 is 5.32 Å². The number of rotatable bonds is 5. The van der Waals surface area contributed by atoms with Crippen molar-refractivity contribution in [3.8, 4) is 0 Å². The van der Waals surface area contributed by atoms with E-state index in [1.54, 1.807) is 0 Å². The fourth-order valence-electron chi connectivity index (χ4n) is 1.65. The maximum absolute atomic E-state index is 9.57. The van der Waals surface area contributed by atoms with Gasteiger partial charge in [0.25, 0.3) is 0 Å². The van der Waals surface area contributed by atoms with Crippen molar-refractivity contribution in [2.75, 3.05) is 13.2 Å². The van der Waals surface area contributed by atoms with Gasteiger partial charge in [0.2, 0.25) is 0 Å². The molecule has 1 rings (SSSR count). The third-order valence-corrected chi connectivity index (χ3v) is 2.42. The lowest BCUT2D eigenvalue weighted by Crippen LogP contribution is -2.35. The van der Waals surface area contributed by atoms with Crippen LogP contribution >= 0.6 is 0 Å². The monoisotopic (exact) mass is 201 g/mol. The SMILES string of the molecule is OCC(O)C[C@@H](O)C[C@H]1CC=CCN1. The molecule has 1 aliphatic heterocycles. The Morgan fingerprint density at radius 1 is 1.29 bits per heavy atom. The summed E-state index contributed by atoms with van der Waals surface area (Å²) in [7, 11) is 0. The van der Waals surface area contributed by atoms with E-state index < -0.39 is 12.2 Å². The zero-order chi connectivity index (χ0) is 10.4. The molecule has 0 spiro atoms. The molecule has 0 bridgehead atoms. The Labute approximate surface area is 84.3 Å². The zero-order valence-electron chi connectivity index (χ0n) is 8.26. The second-order valence-corrected chi connectivity index (χ2v) is 3.77. The molecule has 3 atom stereocenters. The summed E-state index contributed by atoms with van der Waals surface area (Å²) < 4.78 is 0. The number of nitrogens with one attached hydrogen (secondary N) is 1. The van der Waals surface area contributed by atoms with Crippen LogP contribution in [0.4, 0.5) is 0 Å². The van der Waals surface area contributed by atoms with E-state index in [1.807, 2.05) is 0 Å². The van der Waals surface area contributed by atoms with Crippen molar-refractivity contribution in [2.24, 2.45) is 0 Å². The normalized spacial score (nSPS) is 26.1. The van der Waals surface area contributed by atoms with E-state index in [0.29, 0.717) is 12.5 Å². The van der Waals surface area contributed by atoms with Crippen LogP contribution in [0.25, 0.3) is 0 Å². The Hall–Kier alpha value is -0.420. The van der Waals surface area contributed by atoms with Crippen molar-refractivity contribution in [3.63, 3.8) is 0 Å². The molecule has 0 radical (unpaired) electrons. The van der Waals surface area contributed by atoms with Gasteiger partial charge in [0.05, 0.1) is 18.8 Å². The molecule has 0 aliphatic carbocycles. The fraction of sp³-hybridized carbons (Fsp3) is 0.800. The van der Waals surface area contributed by atoms with E-state index in [-0.39, 0.29) is 13.0 Å². The highest BCUT2D eigenvalue weighted by molar-refractivity contribution is 4.94. The van der Waals surface area contributed by atoms with Crippen LogP contribution in [0.2, 0.25) is 0 Å². The number of hydrogen-bond acceptors (Lipinski definition) is 4. The predicted octanol–water partition coefficient (Wildman–Crippen LogP) is -0.601. The summed E-state index contributed by atoms with van der Waals surface area (Å²) in [6.45, 7) is 0.564. The van der Waals surface area contributed by atoms with E-state index in [9.17, 15) is 5.11 Å². The average molecular weight is 201 g/mol. The fourth-order valence-corrected chi connectivity index (χ4v) is 1.65. The third kappa shape index (κ3) is 4.19. The Morgan fingerprint density at radius 3 is 2.64 bits per heavy atom. The van der Waals surface area contributed by atoms with Gasteiger partial charge < -0.3 is 20.6 Å². The van der Waals surface area contributed by atoms with Gasteiger partial charge in [-0.1, -0.05) is 12.2 Å². The summed E-state index contributed by atoms with van der Waals surface area (Å²) in [5, 5.41) is 30.5. The van der Waals surface area contributed by atoms with Crippen molar-refractivity contribution in [2.45, 2.75) is 37.5 Å². The summed E-state index contributed by atoms with van der Waals surface area (Å²) >= 11 is 0.